The molecule has 0 saturated heterocycles. The molecule has 1 aromatic carbocycles. The van der Waals surface area contributed by atoms with E-state index in [0.29, 0.717) is 10.8 Å². The maximum atomic E-state index is 9.31. The number of rotatable bonds is 1. The summed E-state index contributed by atoms with van der Waals surface area (Å²) in [6, 6.07) is 5.14. The molecule has 3 nitrogen and oxygen atoms in total. The Morgan fingerprint density at radius 1 is 1.21 bits per heavy atom. The van der Waals surface area contributed by atoms with Crippen LogP contribution in [-0.2, 0) is 0 Å². The molecule has 0 unspecified atom stereocenters. The summed E-state index contributed by atoms with van der Waals surface area (Å²) >= 11 is 3.33. The van der Waals surface area contributed by atoms with Crippen molar-refractivity contribution < 1.29 is 15.2 Å². The van der Waals surface area contributed by atoms with Gasteiger partial charge in [-0.05, 0) is 51.6 Å². The van der Waals surface area contributed by atoms with Gasteiger partial charge in [-0.15, -0.1) is 0 Å². The first kappa shape index (κ1) is 10.2. The number of benzene rings is 1. The molecule has 0 spiro atoms. The lowest BCUT2D eigenvalue weighted by Gasteiger charge is -2.01. The van der Waals surface area contributed by atoms with Crippen molar-refractivity contribution in [1.29, 1.82) is 0 Å². The van der Waals surface area contributed by atoms with E-state index in [2.05, 4.69) is 22.6 Å². The van der Waals surface area contributed by atoms with Crippen LogP contribution in [0.1, 0.15) is 0 Å². The van der Waals surface area contributed by atoms with Crippen LogP contribution >= 0.6 is 33.9 Å². The maximum absolute atomic E-state index is 9.31. The van der Waals surface area contributed by atoms with Crippen molar-refractivity contribution >= 4 is 56.6 Å². The minimum Gasteiger partial charge on any atom is -0.499 e. The van der Waals surface area contributed by atoms with Crippen molar-refractivity contribution in [2.75, 3.05) is 0 Å². The molecule has 3 N–H and O–H groups in total. The fourth-order valence-corrected chi connectivity index (χ4v) is 3.06. The summed E-state index contributed by atoms with van der Waals surface area (Å²) in [5, 5.41) is 28.4. The van der Waals surface area contributed by atoms with Crippen LogP contribution in [0.15, 0.2) is 18.2 Å². The van der Waals surface area contributed by atoms with Gasteiger partial charge in [0.15, 0.2) is 5.06 Å². The molecular formula is C8H6BIO3S. The molecule has 2 rings (SSSR count). The maximum Gasteiger partial charge on any atom is 0.489 e. The normalized spacial score (nSPS) is 10.8. The number of aromatic hydroxyl groups is 1. The van der Waals surface area contributed by atoms with Gasteiger partial charge in [-0.25, -0.2) is 0 Å². The molecular weight excluding hydrogens is 314 g/mol. The molecule has 0 amide bonds. The molecule has 1 heterocycles. The minimum atomic E-state index is -1.50. The Morgan fingerprint density at radius 2 is 1.93 bits per heavy atom. The van der Waals surface area contributed by atoms with Crippen molar-refractivity contribution in [3.05, 3.63) is 21.8 Å². The first-order valence-corrected chi connectivity index (χ1v) is 5.75. The highest BCUT2D eigenvalue weighted by atomic mass is 127. The lowest BCUT2D eigenvalue weighted by molar-refractivity contribution is 0.426. The minimum absolute atomic E-state index is 0.184. The average molecular weight is 320 g/mol. The standard InChI is InChI=1S/C8H6BIO3S/c10-4-1-6(9(12)13)5-3-8(11)14-7(5)2-4/h1-3,11-13H. The Balaban J connectivity index is 2.79. The van der Waals surface area contributed by atoms with E-state index in [9.17, 15) is 5.11 Å². The number of fused-ring (bicyclic) bond motifs is 1. The van der Waals surface area contributed by atoms with E-state index in [1.54, 1.807) is 12.1 Å². The van der Waals surface area contributed by atoms with Gasteiger partial charge in [-0.1, -0.05) is 11.3 Å². The van der Waals surface area contributed by atoms with Crippen LogP contribution < -0.4 is 5.46 Å². The van der Waals surface area contributed by atoms with E-state index >= 15 is 0 Å². The zero-order valence-corrected chi connectivity index (χ0v) is 9.91. The molecule has 14 heavy (non-hydrogen) atoms. The molecule has 0 aliphatic rings. The molecule has 0 saturated carbocycles. The van der Waals surface area contributed by atoms with E-state index in [1.807, 2.05) is 6.07 Å². The molecule has 6 heteroatoms. The van der Waals surface area contributed by atoms with Crippen LogP contribution in [0.5, 0.6) is 5.06 Å². The average Bonchev–Trinajstić information content (AvgIpc) is 2.42. The topological polar surface area (TPSA) is 60.7 Å². The summed E-state index contributed by atoms with van der Waals surface area (Å²) in [6.45, 7) is 0. The third-order valence-corrected chi connectivity index (χ3v) is 3.41. The van der Waals surface area contributed by atoms with Gasteiger partial charge < -0.3 is 15.2 Å². The van der Waals surface area contributed by atoms with Gasteiger partial charge in [0.25, 0.3) is 0 Å². The van der Waals surface area contributed by atoms with Gasteiger partial charge in [0.05, 0.1) is 0 Å². The molecule has 2 aromatic rings. The second-order valence-corrected chi connectivity index (χ2v) is 5.17. The van der Waals surface area contributed by atoms with Crippen LogP contribution in [0.25, 0.3) is 10.1 Å². The zero-order valence-electron chi connectivity index (χ0n) is 6.94. The van der Waals surface area contributed by atoms with Gasteiger partial charge in [0, 0.05) is 8.27 Å². The Hall–Kier alpha value is -0.305. The van der Waals surface area contributed by atoms with Crippen LogP contribution in [0.2, 0.25) is 0 Å². The van der Waals surface area contributed by atoms with E-state index < -0.39 is 7.12 Å². The molecule has 1 aromatic heterocycles. The quantitative estimate of drug-likeness (QED) is 0.540. The van der Waals surface area contributed by atoms with Gasteiger partial charge in [-0.2, -0.15) is 0 Å². The summed E-state index contributed by atoms with van der Waals surface area (Å²) < 4.78 is 1.78. The van der Waals surface area contributed by atoms with Gasteiger partial charge in [0.2, 0.25) is 0 Å². The van der Waals surface area contributed by atoms with Crippen molar-refractivity contribution in [3.63, 3.8) is 0 Å². The monoisotopic (exact) mass is 320 g/mol. The van der Waals surface area contributed by atoms with Gasteiger partial charge in [0.1, 0.15) is 0 Å². The zero-order chi connectivity index (χ0) is 10.3. The molecule has 0 aliphatic carbocycles. The Bertz CT molecular complexity index is 483. The summed E-state index contributed by atoms with van der Waals surface area (Å²) in [7, 11) is -1.50. The summed E-state index contributed by atoms with van der Waals surface area (Å²) in [5.74, 6) is 0. The Kier molecular flexibility index (Phi) is 2.69. The predicted molar refractivity (Wildman–Crippen MR) is 66.0 cm³/mol. The van der Waals surface area contributed by atoms with Gasteiger partial charge in [-0.3, -0.25) is 0 Å². The fraction of sp³-hybridized carbons (Fsp3) is 0. The first-order chi connectivity index (χ1) is 6.58. The van der Waals surface area contributed by atoms with Crippen molar-refractivity contribution in [3.8, 4) is 5.06 Å². The molecule has 0 bridgehead atoms. The van der Waals surface area contributed by atoms with E-state index in [0.717, 1.165) is 8.27 Å². The van der Waals surface area contributed by atoms with Crippen LogP contribution in [0, 0.1) is 3.57 Å². The third kappa shape index (κ3) is 1.74. The second-order valence-electron chi connectivity index (χ2n) is 2.87. The molecule has 0 fully saturated rings. The highest BCUT2D eigenvalue weighted by molar-refractivity contribution is 14.1. The Labute approximate surface area is 98.3 Å². The van der Waals surface area contributed by atoms with E-state index in [1.165, 1.54) is 11.3 Å². The largest absolute Gasteiger partial charge is 0.499 e. The predicted octanol–water partition coefficient (Wildman–Crippen LogP) is 0.891. The lowest BCUT2D eigenvalue weighted by Crippen LogP contribution is -2.30. The van der Waals surface area contributed by atoms with Crippen molar-refractivity contribution in [2.24, 2.45) is 0 Å². The lowest BCUT2D eigenvalue weighted by atomic mass is 9.78. The number of halogens is 1. The smallest absolute Gasteiger partial charge is 0.489 e. The van der Waals surface area contributed by atoms with Crippen LogP contribution in [-0.4, -0.2) is 22.3 Å². The second kappa shape index (κ2) is 3.69. The highest BCUT2D eigenvalue weighted by Gasteiger charge is 2.17. The molecule has 0 radical (unpaired) electrons. The number of hydrogen-bond acceptors (Lipinski definition) is 4. The molecule has 72 valence electrons. The van der Waals surface area contributed by atoms with E-state index in [-0.39, 0.29) is 5.06 Å². The fourth-order valence-electron chi connectivity index (χ4n) is 1.33. The van der Waals surface area contributed by atoms with Gasteiger partial charge >= 0.3 is 7.12 Å². The van der Waals surface area contributed by atoms with Crippen molar-refractivity contribution in [2.45, 2.75) is 0 Å². The third-order valence-electron chi connectivity index (χ3n) is 1.90. The first-order valence-electron chi connectivity index (χ1n) is 3.86. The summed E-state index contributed by atoms with van der Waals surface area (Å²) in [4.78, 5) is 0. The van der Waals surface area contributed by atoms with Crippen molar-refractivity contribution in [1.82, 2.24) is 0 Å². The SMILES string of the molecule is OB(O)c1cc(I)cc2sc(O)cc12. The number of thiophene rings is 1. The Morgan fingerprint density at radius 3 is 2.57 bits per heavy atom. The van der Waals surface area contributed by atoms with E-state index in [4.69, 9.17) is 10.0 Å². The number of hydrogen-bond donors (Lipinski definition) is 3. The highest BCUT2D eigenvalue weighted by Crippen LogP contribution is 2.30. The van der Waals surface area contributed by atoms with Crippen LogP contribution in [0.3, 0.4) is 0 Å². The molecule has 0 atom stereocenters. The summed E-state index contributed by atoms with van der Waals surface area (Å²) in [6.07, 6.45) is 0. The van der Waals surface area contributed by atoms with Crippen LogP contribution in [0.4, 0.5) is 0 Å². The molecule has 0 aliphatic heterocycles. The summed E-state index contributed by atoms with van der Waals surface area (Å²) in [5.41, 5.74) is 0.434.